The predicted octanol–water partition coefficient (Wildman–Crippen LogP) is 3.60. The van der Waals surface area contributed by atoms with Crippen LogP contribution in [0.4, 0.5) is 0 Å². The lowest BCUT2D eigenvalue weighted by Crippen LogP contribution is -1.96. The first-order valence-electron chi connectivity index (χ1n) is 5.33. The third-order valence-corrected chi connectivity index (χ3v) is 3.45. The van der Waals surface area contributed by atoms with Crippen molar-refractivity contribution >= 4 is 24.4 Å². The van der Waals surface area contributed by atoms with Gasteiger partial charge < -0.3 is 0 Å². The minimum atomic E-state index is 0.567. The average molecular weight is 262 g/mol. The van der Waals surface area contributed by atoms with Gasteiger partial charge in [0.05, 0.1) is 11.4 Å². The molecule has 0 N–H and O–H groups in total. The van der Waals surface area contributed by atoms with Crippen molar-refractivity contribution in [2.75, 3.05) is 6.26 Å². The summed E-state index contributed by atoms with van der Waals surface area (Å²) in [5, 5.41) is 0. The topological polar surface area (TPSA) is 25.8 Å². The summed E-state index contributed by atoms with van der Waals surface area (Å²) >= 11 is 5.96. The second-order valence-corrected chi connectivity index (χ2v) is 4.89. The molecule has 0 radical (unpaired) electrons. The van der Waals surface area contributed by atoms with Gasteiger partial charge in [0.25, 0.3) is 0 Å². The summed E-state index contributed by atoms with van der Waals surface area (Å²) in [6, 6.07) is 10.4. The largest absolute Gasteiger partial charge is 0.237 e. The number of rotatable bonds is 3. The first kappa shape index (κ1) is 12.5. The van der Waals surface area contributed by atoms with Gasteiger partial charge in [-0.3, -0.25) is 0 Å². The van der Waals surface area contributed by atoms with Gasteiger partial charge in [0.15, 0.2) is 0 Å². The lowest BCUT2D eigenvalue weighted by Gasteiger charge is -2.05. The molecule has 0 saturated heterocycles. The van der Waals surface area contributed by atoms with Crippen molar-refractivity contribution in [3.63, 3.8) is 0 Å². The molecule has 1 heterocycles. The molecule has 0 spiro atoms. The molecule has 2 rings (SSSR count). The molecule has 0 aliphatic rings. The third kappa shape index (κ3) is 3.01. The van der Waals surface area contributed by atoms with E-state index in [1.54, 1.807) is 11.8 Å². The van der Waals surface area contributed by atoms with Crippen LogP contribution >= 0.6 is 24.4 Å². The number of aromatic nitrogens is 2. The van der Waals surface area contributed by atoms with Gasteiger partial charge >= 0.3 is 0 Å². The van der Waals surface area contributed by atoms with Crippen molar-refractivity contribution in [1.82, 2.24) is 9.97 Å². The summed E-state index contributed by atoms with van der Waals surface area (Å²) in [6.45, 7) is 1.98. The molecule has 0 aliphatic carbocycles. The van der Waals surface area contributed by atoms with E-state index in [-0.39, 0.29) is 0 Å². The molecule has 0 fully saturated rings. The van der Waals surface area contributed by atoms with Crippen molar-refractivity contribution in [3.8, 4) is 11.3 Å². The van der Waals surface area contributed by atoms with Crippen LogP contribution in [0.15, 0.2) is 35.2 Å². The molecule has 0 aliphatic heterocycles. The van der Waals surface area contributed by atoms with Gasteiger partial charge in [0, 0.05) is 16.2 Å². The molecule has 2 nitrogen and oxygen atoms in total. The number of hydrogen-bond donors (Lipinski definition) is 1. The molecule has 17 heavy (non-hydrogen) atoms. The Morgan fingerprint density at radius 3 is 2.47 bits per heavy atom. The fourth-order valence-electron chi connectivity index (χ4n) is 1.61. The monoisotopic (exact) mass is 262 g/mol. The van der Waals surface area contributed by atoms with Crippen molar-refractivity contribution in [2.24, 2.45) is 0 Å². The van der Waals surface area contributed by atoms with Crippen LogP contribution in [0.25, 0.3) is 11.3 Å². The van der Waals surface area contributed by atoms with Crippen molar-refractivity contribution < 1.29 is 0 Å². The maximum Gasteiger partial charge on any atom is 0.138 e. The van der Waals surface area contributed by atoms with Crippen LogP contribution in [-0.2, 0) is 5.75 Å². The molecule has 2 aromatic rings. The lowest BCUT2D eigenvalue weighted by atomic mass is 10.1. The molecule has 4 heteroatoms. The van der Waals surface area contributed by atoms with E-state index in [0.29, 0.717) is 5.75 Å². The zero-order chi connectivity index (χ0) is 12.3. The molecule has 0 atom stereocenters. The minimum Gasteiger partial charge on any atom is -0.237 e. The number of benzene rings is 1. The SMILES string of the molecule is CSc1ccc(-c2cc(C)nc(CS)n2)cc1. The Bertz CT molecular complexity index is 509. The molecule has 0 unspecified atom stereocenters. The number of thiol groups is 1. The van der Waals surface area contributed by atoms with Gasteiger partial charge in [0.2, 0.25) is 0 Å². The van der Waals surface area contributed by atoms with Gasteiger partial charge in [-0.2, -0.15) is 12.6 Å². The first-order chi connectivity index (χ1) is 8.22. The number of hydrogen-bond acceptors (Lipinski definition) is 4. The third-order valence-electron chi connectivity index (χ3n) is 2.43. The zero-order valence-electron chi connectivity index (χ0n) is 9.84. The Balaban J connectivity index is 2.41. The van der Waals surface area contributed by atoms with Crippen LogP contribution in [-0.4, -0.2) is 16.2 Å². The molecule has 1 aromatic carbocycles. The highest BCUT2D eigenvalue weighted by atomic mass is 32.2. The maximum atomic E-state index is 4.48. The van der Waals surface area contributed by atoms with E-state index in [1.165, 1.54) is 4.90 Å². The summed E-state index contributed by atoms with van der Waals surface area (Å²) in [6.07, 6.45) is 2.07. The highest BCUT2D eigenvalue weighted by Gasteiger charge is 2.03. The molecular formula is C13H14N2S2. The second kappa shape index (κ2) is 5.56. The van der Waals surface area contributed by atoms with Crippen LogP contribution in [0.3, 0.4) is 0 Å². The average Bonchev–Trinajstić information content (AvgIpc) is 2.38. The lowest BCUT2D eigenvalue weighted by molar-refractivity contribution is 1.00. The fraction of sp³-hybridized carbons (Fsp3) is 0.231. The van der Waals surface area contributed by atoms with E-state index in [4.69, 9.17) is 0 Å². The number of aryl methyl sites for hydroxylation is 1. The molecule has 0 bridgehead atoms. The van der Waals surface area contributed by atoms with Crippen molar-refractivity contribution in [3.05, 3.63) is 41.9 Å². The van der Waals surface area contributed by atoms with E-state index in [1.807, 2.05) is 13.0 Å². The Labute approximate surface area is 111 Å². The van der Waals surface area contributed by atoms with E-state index in [0.717, 1.165) is 22.8 Å². The van der Waals surface area contributed by atoms with Gasteiger partial charge in [-0.15, -0.1) is 11.8 Å². The van der Waals surface area contributed by atoms with Gasteiger partial charge in [-0.05, 0) is 31.4 Å². The zero-order valence-corrected chi connectivity index (χ0v) is 11.6. The predicted molar refractivity (Wildman–Crippen MR) is 76.7 cm³/mol. The van der Waals surface area contributed by atoms with Crippen LogP contribution < -0.4 is 0 Å². The van der Waals surface area contributed by atoms with E-state index in [2.05, 4.69) is 53.1 Å². The summed E-state index contributed by atoms with van der Waals surface area (Å²) in [5.41, 5.74) is 3.07. The van der Waals surface area contributed by atoms with Crippen LogP contribution in [0.5, 0.6) is 0 Å². The maximum absolute atomic E-state index is 4.48. The summed E-state index contributed by atoms with van der Waals surface area (Å²) in [5.74, 6) is 1.34. The van der Waals surface area contributed by atoms with E-state index >= 15 is 0 Å². The normalized spacial score (nSPS) is 10.5. The number of thioether (sulfide) groups is 1. The quantitative estimate of drug-likeness (QED) is 0.676. The molecule has 0 amide bonds. The highest BCUT2D eigenvalue weighted by molar-refractivity contribution is 7.98. The standard InChI is InChI=1S/C13H14N2S2/c1-9-7-12(15-13(8-16)14-9)10-3-5-11(17-2)6-4-10/h3-7,16H,8H2,1-2H3. The van der Waals surface area contributed by atoms with Crippen LogP contribution in [0, 0.1) is 6.92 Å². The smallest absolute Gasteiger partial charge is 0.138 e. The summed E-state index contributed by atoms with van der Waals surface area (Å²) < 4.78 is 0. The Kier molecular flexibility index (Phi) is 4.07. The Hall–Kier alpha value is -1.00. The van der Waals surface area contributed by atoms with E-state index in [9.17, 15) is 0 Å². The van der Waals surface area contributed by atoms with Gasteiger partial charge in [-0.1, -0.05) is 12.1 Å². The van der Waals surface area contributed by atoms with Crippen molar-refractivity contribution in [2.45, 2.75) is 17.6 Å². The summed E-state index contributed by atoms with van der Waals surface area (Å²) in [4.78, 5) is 10.1. The highest BCUT2D eigenvalue weighted by Crippen LogP contribution is 2.22. The summed E-state index contributed by atoms with van der Waals surface area (Å²) in [7, 11) is 0. The molecule has 0 saturated carbocycles. The Morgan fingerprint density at radius 2 is 1.88 bits per heavy atom. The van der Waals surface area contributed by atoms with Crippen molar-refractivity contribution in [1.29, 1.82) is 0 Å². The van der Waals surface area contributed by atoms with Crippen LogP contribution in [0.1, 0.15) is 11.5 Å². The molecule has 88 valence electrons. The van der Waals surface area contributed by atoms with Gasteiger partial charge in [-0.25, -0.2) is 9.97 Å². The minimum absolute atomic E-state index is 0.567. The van der Waals surface area contributed by atoms with E-state index < -0.39 is 0 Å². The first-order valence-corrected chi connectivity index (χ1v) is 7.18. The molecular weight excluding hydrogens is 248 g/mol. The fourth-order valence-corrected chi connectivity index (χ4v) is 2.16. The second-order valence-electron chi connectivity index (χ2n) is 3.70. The Morgan fingerprint density at radius 1 is 1.18 bits per heavy atom. The van der Waals surface area contributed by atoms with Gasteiger partial charge in [0.1, 0.15) is 5.82 Å². The molecule has 1 aromatic heterocycles. The van der Waals surface area contributed by atoms with Crippen LogP contribution in [0.2, 0.25) is 0 Å². The number of nitrogens with zero attached hydrogens (tertiary/aromatic N) is 2.